The number of hydrogen-bond acceptors (Lipinski definition) is 4. The maximum Gasteiger partial charge on any atom is 0.0897 e. The van der Waals surface area contributed by atoms with Crippen molar-refractivity contribution in [2.24, 2.45) is 0 Å². The average Bonchev–Trinajstić information content (AvgIpc) is 2.45. The molecule has 1 unspecified atom stereocenters. The second-order valence-corrected chi connectivity index (χ2v) is 6.88. The van der Waals surface area contributed by atoms with E-state index in [-0.39, 0.29) is 0 Å². The van der Waals surface area contributed by atoms with E-state index in [4.69, 9.17) is 4.74 Å². The predicted molar refractivity (Wildman–Crippen MR) is 88.7 cm³/mol. The summed E-state index contributed by atoms with van der Waals surface area (Å²) in [6, 6.07) is 1.12. The maximum absolute atomic E-state index is 9.96. The third-order valence-corrected chi connectivity index (χ3v) is 4.33. The summed E-state index contributed by atoms with van der Waals surface area (Å²) in [6.45, 7) is 11.9. The normalized spacial score (nSPS) is 18.9. The third kappa shape index (κ3) is 8.15. The van der Waals surface area contributed by atoms with Crippen molar-refractivity contribution in [2.45, 2.75) is 84.1 Å². The molecule has 0 aromatic carbocycles. The van der Waals surface area contributed by atoms with Gasteiger partial charge in [0.1, 0.15) is 0 Å². The Balaban J connectivity index is 2.05. The molecule has 1 aliphatic rings. The van der Waals surface area contributed by atoms with E-state index in [0.717, 1.165) is 25.9 Å². The van der Waals surface area contributed by atoms with E-state index in [1.54, 1.807) is 0 Å². The van der Waals surface area contributed by atoms with Crippen molar-refractivity contribution < 1.29 is 9.84 Å². The van der Waals surface area contributed by atoms with Crippen LogP contribution in [0.5, 0.6) is 0 Å². The van der Waals surface area contributed by atoms with Gasteiger partial charge in [0, 0.05) is 31.7 Å². The third-order valence-electron chi connectivity index (χ3n) is 4.33. The Labute approximate surface area is 131 Å². The molecule has 0 saturated heterocycles. The second-order valence-electron chi connectivity index (χ2n) is 6.88. The molecule has 4 nitrogen and oxygen atoms in total. The lowest BCUT2D eigenvalue weighted by molar-refractivity contribution is -0.0230. The molecule has 2 N–H and O–H groups in total. The first kappa shape index (κ1) is 18.9. The van der Waals surface area contributed by atoms with E-state index >= 15 is 0 Å². The topological polar surface area (TPSA) is 44.7 Å². The second kappa shape index (κ2) is 10.5. The van der Waals surface area contributed by atoms with Gasteiger partial charge in [0.25, 0.3) is 0 Å². The highest BCUT2D eigenvalue weighted by atomic mass is 16.5. The molecule has 1 aliphatic carbocycles. The van der Waals surface area contributed by atoms with Crippen LogP contribution in [0.15, 0.2) is 0 Å². The van der Waals surface area contributed by atoms with Gasteiger partial charge in [0.05, 0.1) is 18.8 Å². The van der Waals surface area contributed by atoms with Gasteiger partial charge in [-0.05, 0) is 40.5 Å². The molecule has 0 amide bonds. The zero-order chi connectivity index (χ0) is 15.7. The Morgan fingerprint density at radius 1 is 1.10 bits per heavy atom. The average molecular weight is 300 g/mol. The predicted octanol–water partition coefficient (Wildman–Crippen LogP) is 2.41. The van der Waals surface area contributed by atoms with Crippen LogP contribution in [0, 0.1) is 0 Å². The smallest absolute Gasteiger partial charge is 0.0897 e. The van der Waals surface area contributed by atoms with Gasteiger partial charge in [0.2, 0.25) is 0 Å². The first-order valence-electron chi connectivity index (χ1n) is 8.76. The Kier molecular flexibility index (Phi) is 9.49. The molecule has 0 aliphatic heterocycles. The molecule has 21 heavy (non-hydrogen) atoms. The van der Waals surface area contributed by atoms with E-state index in [0.29, 0.717) is 31.3 Å². The van der Waals surface area contributed by atoms with Gasteiger partial charge in [-0.25, -0.2) is 0 Å². The zero-order valence-electron chi connectivity index (χ0n) is 14.5. The number of nitrogens with zero attached hydrogens (tertiary/aromatic N) is 1. The van der Waals surface area contributed by atoms with Crippen LogP contribution in [0.2, 0.25) is 0 Å². The van der Waals surface area contributed by atoms with Crippen LogP contribution < -0.4 is 5.32 Å². The molecule has 0 bridgehead atoms. The highest BCUT2D eigenvalue weighted by molar-refractivity contribution is 4.70. The van der Waals surface area contributed by atoms with Crippen LogP contribution in [0.1, 0.15) is 59.8 Å². The monoisotopic (exact) mass is 300 g/mol. The first-order valence-corrected chi connectivity index (χ1v) is 8.76. The van der Waals surface area contributed by atoms with Gasteiger partial charge in [0.15, 0.2) is 0 Å². The minimum atomic E-state index is -0.390. The van der Waals surface area contributed by atoms with Gasteiger partial charge in [-0.3, -0.25) is 4.90 Å². The van der Waals surface area contributed by atoms with E-state index in [2.05, 4.69) is 37.9 Å². The largest absolute Gasteiger partial charge is 0.389 e. The highest BCUT2D eigenvalue weighted by Crippen LogP contribution is 2.20. The summed E-state index contributed by atoms with van der Waals surface area (Å²) in [7, 11) is 0. The SMILES string of the molecule is CC(C)N(CCNCC(O)COC1CCCCC1)C(C)C. The van der Waals surface area contributed by atoms with E-state index in [1.165, 1.54) is 19.3 Å². The summed E-state index contributed by atoms with van der Waals surface area (Å²) >= 11 is 0. The fraction of sp³-hybridized carbons (Fsp3) is 1.00. The number of hydrogen-bond donors (Lipinski definition) is 2. The van der Waals surface area contributed by atoms with Crippen LogP contribution in [0.3, 0.4) is 0 Å². The summed E-state index contributed by atoms with van der Waals surface area (Å²) in [5.74, 6) is 0. The lowest BCUT2D eigenvalue weighted by Gasteiger charge is -2.30. The fourth-order valence-electron chi connectivity index (χ4n) is 3.13. The summed E-state index contributed by atoms with van der Waals surface area (Å²) in [5, 5.41) is 13.3. The Hall–Kier alpha value is -0.160. The van der Waals surface area contributed by atoms with Crippen LogP contribution in [0.25, 0.3) is 0 Å². The summed E-state index contributed by atoms with van der Waals surface area (Å²) in [6.07, 6.45) is 6.21. The number of nitrogens with one attached hydrogen (secondary N) is 1. The van der Waals surface area contributed by atoms with Crippen molar-refractivity contribution in [3.63, 3.8) is 0 Å². The van der Waals surface area contributed by atoms with Crippen molar-refractivity contribution in [2.75, 3.05) is 26.2 Å². The molecule has 1 fully saturated rings. The van der Waals surface area contributed by atoms with Gasteiger partial charge in [-0.15, -0.1) is 0 Å². The molecule has 1 rings (SSSR count). The Morgan fingerprint density at radius 2 is 1.71 bits per heavy atom. The summed E-state index contributed by atoms with van der Waals surface area (Å²) < 4.78 is 5.80. The zero-order valence-corrected chi connectivity index (χ0v) is 14.5. The number of ether oxygens (including phenoxy) is 1. The molecular formula is C17H36N2O2. The van der Waals surface area contributed by atoms with Crippen molar-refractivity contribution in [1.29, 1.82) is 0 Å². The Morgan fingerprint density at radius 3 is 2.29 bits per heavy atom. The molecule has 0 radical (unpaired) electrons. The van der Waals surface area contributed by atoms with Crippen molar-refractivity contribution >= 4 is 0 Å². The maximum atomic E-state index is 9.96. The summed E-state index contributed by atoms with van der Waals surface area (Å²) in [4.78, 5) is 2.46. The van der Waals surface area contributed by atoms with Gasteiger partial charge in [-0.1, -0.05) is 19.3 Å². The molecule has 1 saturated carbocycles. The van der Waals surface area contributed by atoms with Crippen molar-refractivity contribution in [1.82, 2.24) is 10.2 Å². The fourth-order valence-corrected chi connectivity index (χ4v) is 3.13. The molecule has 1 atom stereocenters. The molecular weight excluding hydrogens is 264 g/mol. The molecule has 0 spiro atoms. The molecule has 0 aromatic rings. The lowest BCUT2D eigenvalue weighted by atomic mass is 9.98. The lowest BCUT2D eigenvalue weighted by Crippen LogP contribution is -2.43. The quantitative estimate of drug-likeness (QED) is 0.608. The molecule has 0 heterocycles. The van der Waals surface area contributed by atoms with Crippen LogP contribution in [0.4, 0.5) is 0 Å². The molecule has 0 aromatic heterocycles. The van der Waals surface area contributed by atoms with Gasteiger partial charge < -0.3 is 15.2 Å². The first-order chi connectivity index (χ1) is 10.0. The standard InChI is InChI=1S/C17H36N2O2/c1-14(2)19(15(3)4)11-10-18-12-16(20)13-21-17-8-6-5-7-9-17/h14-18,20H,5-13H2,1-4H3. The van der Waals surface area contributed by atoms with Crippen LogP contribution in [-0.4, -0.2) is 60.5 Å². The number of aliphatic hydroxyl groups excluding tert-OH is 1. The van der Waals surface area contributed by atoms with Crippen molar-refractivity contribution in [3.8, 4) is 0 Å². The number of rotatable bonds is 10. The number of aliphatic hydroxyl groups is 1. The Bertz CT molecular complexity index is 245. The minimum absolute atomic E-state index is 0.380. The van der Waals surface area contributed by atoms with E-state index in [9.17, 15) is 5.11 Å². The van der Waals surface area contributed by atoms with E-state index in [1.807, 2.05) is 0 Å². The summed E-state index contributed by atoms with van der Waals surface area (Å²) in [5.41, 5.74) is 0. The minimum Gasteiger partial charge on any atom is -0.389 e. The van der Waals surface area contributed by atoms with Crippen LogP contribution >= 0.6 is 0 Å². The van der Waals surface area contributed by atoms with Crippen molar-refractivity contribution in [3.05, 3.63) is 0 Å². The molecule has 4 heteroatoms. The van der Waals surface area contributed by atoms with Gasteiger partial charge >= 0.3 is 0 Å². The van der Waals surface area contributed by atoms with Crippen LogP contribution in [-0.2, 0) is 4.74 Å². The molecule has 126 valence electrons. The van der Waals surface area contributed by atoms with Gasteiger partial charge in [-0.2, -0.15) is 0 Å². The van der Waals surface area contributed by atoms with E-state index < -0.39 is 6.10 Å². The highest BCUT2D eigenvalue weighted by Gasteiger charge is 2.16.